The Kier molecular flexibility index (Phi) is 2.56. The van der Waals surface area contributed by atoms with E-state index in [4.69, 9.17) is 5.73 Å². The number of hydrogen-bond donors (Lipinski definition) is 1. The van der Waals surface area contributed by atoms with E-state index in [1.807, 2.05) is 0 Å². The molecule has 1 fully saturated rings. The van der Waals surface area contributed by atoms with E-state index in [1.54, 1.807) is 11.9 Å². The molecule has 0 aromatic carbocycles. The number of alkyl halides is 2. The average Bonchev–Trinajstić information content (AvgIpc) is 2.29. The molecule has 1 saturated heterocycles. The molecule has 1 aliphatic heterocycles. The third-order valence-corrected chi connectivity index (χ3v) is 2.59. The second-order valence-corrected chi connectivity index (χ2v) is 3.75. The second kappa shape index (κ2) is 3.21. The monoisotopic (exact) mass is 192 g/mol. The lowest BCUT2D eigenvalue weighted by atomic mass is 9.99. The largest absolute Gasteiger partial charge is 0.368 e. The topological polar surface area (TPSA) is 46.3 Å². The zero-order valence-corrected chi connectivity index (χ0v) is 7.76. The lowest BCUT2D eigenvalue weighted by Crippen LogP contribution is -2.37. The summed E-state index contributed by atoms with van der Waals surface area (Å²) < 4.78 is 25.7. The Hall–Kier alpha value is -0.710. The molecular formula is C8H14F2N2O. The van der Waals surface area contributed by atoms with Gasteiger partial charge in [0.2, 0.25) is 11.8 Å². The third-order valence-electron chi connectivity index (χ3n) is 2.59. The van der Waals surface area contributed by atoms with Crippen molar-refractivity contribution in [3.8, 4) is 0 Å². The molecule has 0 bridgehead atoms. The van der Waals surface area contributed by atoms with Crippen LogP contribution in [0.2, 0.25) is 0 Å². The Balaban J connectivity index is 2.65. The van der Waals surface area contributed by atoms with Gasteiger partial charge < -0.3 is 5.73 Å². The first-order valence-corrected chi connectivity index (χ1v) is 4.19. The van der Waals surface area contributed by atoms with Gasteiger partial charge in [0.25, 0.3) is 0 Å². The van der Waals surface area contributed by atoms with Gasteiger partial charge in [0.05, 0.1) is 6.04 Å². The number of rotatable bonds is 2. The van der Waals surface area contributed by atoms with Crippen molar-refractivity contribution in [3.05, 3.63) is 0 Å². The van der Waals surface area contributed by atoms with Crippen LogP contribution in [0.5, 0.6) is 0 Å². The summed E-state index contributed by atoms with van der Waals surface area (Å²) >= 11 is 0. The SMILES string of the molecule is CN1CC(C(C)(F)F)C[C@H]1C(N)=O. The van der Waals surface area contributed by atoms with E-state index < -0.39 is 23.8 Å². The smallest absolute Gasteiger partial charge is 0.249 e. The summed E-state index contributed by atoms with van der Waals surface area (Å²) in [5.41, 5.74) is 5.07. The lowest BCUT2D eigenvalue weighted by Gasteiger charge is -2.17. The van der Waals surface area contributed by atoms with Crippen LogP contribution in [0.3, 0.4) is 0 Å². The van der Waals surface area contributed by atoms with Crippen LogP contribution in [0.1, 0.15) is 13.3 Å². The summed E-state index contributed by atoms with van der Waals surface area (Å²) in [6.45, 7) is 1.12. The zero-order valence-electron chi connectivity index (χ0n) is 7.76. The number of primary amides is 1. The van der Waals surface area contributed by atoms with E-state index >= 15 is 0 Å². The van der Waals surface area contributed by atoms with Gasteiger partial charge in [-0.3, -0.25) is 9.69 Å². The highest BCUT2D eigenvalue weighted by Crippen LogP contribution is 2.34. The van der Waals surface area contributed by atoms with Gasteiger partial charge in [-0.05, 0) is 20.4 Å². The molecule has 1 unspecified atom stereocenters. The molecule has 0 saturated carbocycles. The predicted molar refractivity (Wildman–Crippen MR) is 44.3 cm³/mol. The van der Waals surface area contributed by atoms with Crippen molar-refractivity contribution in [1.82, 2.24) is 4.90 Å². The molecule has 1 amide bonds. The average molecular weight is 192 g/mol. The maximum atomic E-state index is 12.9. The van der Waals surface area contributed by atoms with Crippen LogP contribution < -0.4 is 5.73 Å². The molecular weight excluding hydrogens is 178 g/mol. The molecule has 0 spiro atoms. The lowest BCUT2D eigenvalue weighted by molar-refractivity contribution is -0.121. The first kappa shape index (κ1) is 10.4. The van der Waals surface area contributed by atoms with E-state index in [0.717, 1.165) is 6.92 Å². The number of nitrogens with two attached hydrogens (primary N) is 1. The Morgan fingerprint density at radius 2 is 2.15 bits per heavy atom. The summed E-state index contributed by atoms with van der Waals surface area (Å²) in [5, 5.41) is 0. The van der Waals surface area contributed by atoms with Gasteiger partial charge in [0, 0.05) is 12.5 Å². The molecule has 1 rings (SSSR count). The molecule has 2 atom stereocenters. The minimum atomic E-state index is -2.72. The molecule has 1 heterocycles. The normalized spacial score (nSPS) is 30.8. The summed E-state index contributed by atoms with van der Waals surface area (Å²) in [7, 11) is 1.64. The highest BCUT2D eigenvalue weighted by Gasteiger charge is 2.44. The molecule has 0 radical (unpaired) electrons. The Morgan fingerprint density at radius 3 is 2.38 bits per heavy atom. The van der Waals surface area contributed by atoms with Gasteiger partial charge in [-0.1, -0.05) is 0 Å². The molecule has 2 N–H and O–H groups in total. The molecule has 0 aromatic heterocycles. The van der Waals surface area contributed by atoms with Crippen LogP contribution in [-0.2, 0) is 4.79 Å². The minimum absolute atomic E-state index is 0.162. The molecule has 3 nitrogen and oxygen atoms in total. The van der Waals surface area contributed by atoms with Gasteiger partial charge in [-0.2, -0.15) is 0 Å². The maximum absolute atomic E-state index is 12.9. The van der Waals surface area contributed by atoms with Crippen LogP contribution in [0.25, 0.3) is 0 Å². The van der Waals surface area contributed by atoms with E-state index in [2.05, 4.69) is 0 Å². The number of carbonyl (C=O) groups is 1. The van der Waals surface area contributed by atoms with Crippen LogP contribution in [-0.4, -0.2) is 36.4 Å². The quantitative estimate of drug-likeness (QED) is 0.690. The van der Waals surface area contributed by atoms with E-state index in [0.29, 0.717) is 0 Å². The van der Waals surface area contributed by atoms with Crippen LogP contribution in [0.4, 0.5) is 8.78 Å². The maximum Gasteiger partial charge on any atom is 0.249 e. The molecule has 13 heavy (non-hydrogen) atoms. The summed E-state index contributed by atoms with van der Waals surface area (Å²) in [5.74, 6) is -4.00. The Labute approximate surface area is 75.9 Å². The summed E-state index contributed by atoms with van der Waals surface area (Å²) in [4.78, 5) is 12.4. The Bertz CT molecular complexity index is 215. The second-order valence-electron chi connectivity index (χ2n) is 3.75. The number of amides is 1. The van der Waals surface area contributed by atoms with Crippen molar-refractivity contribution in [1.29, 1.82) is 0 Å². The van der Waals surface area contributed by atoms with E-state index in [9.17, 15) is 13.6 Å². The van der Waals surface area contributed by atoms with Gasteiger partial charge in [0.15, 0.2) is 0 Å². The molecule has 1 aliphatic rings. The van der Waals surface area contributed by atoms with E-state index in [1.165, 1.54) is 0 Å². The predicted octanol–water partition coefficient (Wildman–Crippen LogP) is 0.447. The first-order chi connectivity index (χ1) is 5.82. The minimum Gasteiger partial charge on any atom is -0.368 e. The fourth-order valence-electron chi connectivity index (χ4n) is 1.70. The zero-order chi connectivity index (χ0) is 10.2. The number of halogens is 2. The number of likely N-dealkylation sites (N-methyl/N-ethyl adjacent to an activating group) is 1. The summed E-state index contributed by atoms with van der Waals surface area (Å²) in [6, 6.07) is -0.532. The summed E-state index contributed by atoms with van der Waals surface area (Å²) in [6.07, 6.45) is 0.162. The Morgan fingerprint density at radius 1 is 1.62 bits per heavy atom. The highest BCUT2D eigenvalue weighted by atomic mass is 19.3. The van der Waals surface area contributed by atoms with E-state index in [-0.39, 0.29) is 13.0 Å². The number of carbonyl (C=O) groups excluding carboxylic acids is 1. The van der Waals surface area contributed by atoms with Gasteiger partial charge in [-0.25, -0.2) is 8.78 Å². The van der Waals surface area contributed by atoms with Crippen LogP contribution in [0, 0.1) is 5.92 Å². The van der Waals surface area contributed by atoms with Crippen LogP contribution >= 0.6 is 0 Å². The van der Waals surface area contributed by atoms with Gasteiger partial charge in [-0.15, -0.1) is 0 Å². The first-order valence-electron chi connectivity index (χ1n) is 4.19. The molecule has 76 valence electrons. The number of nitrogens with zero attached hydrogens (tertiary/aromatic N) is 1. The fraction of sp³-hybridized carbons (Fsp3) is 0.875. The van der Waals surface area contributed by atoms with Crippen molar-refractivity contribution in [3.63, 3.8) is 0 Å². The number of hydrogen-bond acceptors (Lipinski definition) is 2. The third kappa shape index (κ3) is 2.15. The fourth-order valence-corrected chi connectivity index (χ4v) is 1.70. The van der Waals surface area contributed by atoms with Crippen molar-refractivity contribution < 1.29 is 13.6 Å². The standard InChI is InChI=1S/C8H14F2N2O/c1-8(9,10)5-3-6(7(11)13)12(2)4-5/h5-6H,3-4H2,1-2H3,(H2,11,13)/t5?,6-/m0/s1. The van der Waals surface area contributed by atoms with Crippen molar-refractivity contribution >= 4 is 5.91 Å². The van der Waals surface area contributed by atoms with Crippen molar-refractivity contribution in [2.75, 3.05) is 13.6 Å². The van der Waals surface area contributed by atoms with Gasteiger partial charge in [0.1, 0.15) is 0 Å². The highest BCUT2D eigenvalue weighted by molar-refractivity contribution is 5.80. The van der Waals surface area contributed by atoms with Gasteiger partial charge >= 0.3 is 0 Å². The van der Waals surface area contributed by atoms with Crippen molar-refractivity contribution in [2.24, 2.45) is 11.7 Å². The van der Waals surface area contributed by atoms with Crippen molar-refractivity contribution in [2.45, 2.75) is 25.3 Å². The number of likely N-dealkylation sites (tertiary alicyclic amines) is 1. The molecule has 0 aliphatic carbocycles. The molecule has 5 heteroatoms. The van der Waals surface area contributed by atoms with Crippen LogP contribution in [0.15, 0.2) is 0 Å². The molecule has 0 aromatic rings.